The smallest absolute Gasteiger partial charge is 0.252 e. The number of hydrogen-bond acceptors (Lipinski definition) is 7. The van der Waals surface area contributed by atoms with Gasteiger partial charge in [0, 0.05) is 50.0 Å². The van der Waals surface area contributed by atoms with E-state index in [4.69, 9.17) is 16.2 Å². The Labute approximate surface area is 228 Å². The van der Waals surface area contributed by atoms with Crippen LogP contribution in [0.2, 0.25) is 0 Å². The Balaban J connectivity index is 1.31. The lowest BCUT2D eigenvalue weighted by molar-refractivity contribution is 0.0828. The number of likely N-dealkylation sites (N-methyl/N-ethyl adjacent to an activating group) is 1. The van der Waals surface area contributed by atoms with Gasteiger partial charge in [-0.3, -0.25) is 9.69 Å². The number of benzene rings is 2. The number of aromatic nitrogens is 3. The molecule has 4 N–H and O–H groups in total. The van der Waals surface area contributed by atoms with Gasteiger partial charge < -0.3 is 25.7 Å². The molecule has 0 atom stereocenters. The van der Waals surface area contributed by atoms with E-state index in [2.05, 4.69) is 37.6 Å². The van der Waals surface area contributed by atoms with Crippen molar-refractivity contribution in [3.63, 3.8) is 0 Å². The van der Waals surface area contributed by atoms with Gasteiger partial charge in [0.05, 0.1) is 10.9 Å². The van der Waals surface area contributed by atoms with E-state index >= 15 is 0 Å². The Morgan fingerprint density at radius 1 is 0.949 bits per heavy atom. The van der Waals surface area contributed by atoms with Crippen molar-refractivity contribution >= 4 is 22.8 Å². The van der Waals surface area contributed by atoms with Crippen molar-refractivity contribution in [3.8, 4) is 22.6 Å². The lowest BCUT2D eigenvalue weighted by Gasteiger charge is -2.41. The van der Waals surface area contributed by atoms with Gasteiger partial charge in [0.2, 0.25) is 0 Å². The molecule has 39 heavy (non-hydrogen) atoms. The molecule has 9 nitrogen and oxygen atoms in total. The number of nitrogen functional groups attached to an aromatic ring is 1. The predicted molar refractivity (Wildman–Crippen MR) is 153 cm³/mol. The second kappa shape index (κ2) is 10.7. The summed E-state index contributed by atoms with van der Waals surface area (Å²) < 4.78 is 8.24. The number of rotatable bonds is 6. The number of nitrogens with zero attached hydrogens (tertiary/aromatic N) is 5. The fraction of sp³-hybridized carbons (Fsp3) is 0.367. The Morgan fingerprint density at radius 2 is 1.67 bits per heavy atom. The number of hydrogen-bond donors (Lipinski definition) is 2. The van der Waals surface area contributed by atoms with Gasteiger partial charge in [0.25, 0.3) is 5.91 Å². The summed E-state index contributed by atoms with van der Waals surface area (Å²) >= 11 is 0. The summed E-state index contributed by atoms with van der Waals surface area (Å²) in [6.45, 7) is 4.59. The molecule has 3 heterocycles. The SMILES string of the molecule is CN1CCN(C2CCC(n3cc(-c4ccc(Oc5ccccc5)c(C(N)=O)c4)c4c(N)ncnc43)CC2)CC1. The quantitative estimate of drug-likeness (QED) is 0.386. The number of para-hydroxylation sites is 1. The first-order chi connectivity index (χ1) is 19.0. The second-order valence-electron chi connectivity index (χ2n) is 10.7. The third-order valence-electron chi connectivity index (χ3n) is 8.28. The molecule has 0 unspecified atom stereocenters. The zero-order valence-corrected chi connectivity index (χ0v) is 22.3. The number of anilines is 1. The van der Waals surface area contributed by atoms with E-state index in [-0.39, 0.29) is 0 Å². The summed E-state index contributed by atoms with van der Waals surface area (Å²) in [4.78, 5) is 26.5. The van der Waals surface area contributed by atoms with Crippen molar-refractivity contribution in [3.05, 3.63) is 66.6 Å². The summed E-state index contributed by atoms with van der Waals surface area (Å²) in [5.74, 6) is 0.907. The van der Waals surface area contributed by atoms with Crippen molar-refractivity contribution in [1.82, 2.24) is 24.3 Å². The monoisotopic (exact) mass is 525 g/mol. The van der Waals surface area contributed by atoms with E-state index in [9.17, 15) is 4.79 Å². The molecule has 6 rings (SSSR count). The second-order valence-corrected chi connectivity index (χ2v) is 10.7. The van der Waals surface area contributed by atoms with Crippen LogP contribution < -0.4 is 16.2 Å². The number of piperazine rings is 1. The molecule has 1 amide bonds. The Bertz CT molecular complexity index is 1470. The molecular weight excluding hydrogens is 490 g/mol. The first-order valence-electron chi connectivity index (χ1n) is 13.7. The van der Waals surface area contributed by atoms with Gasteiger partial charge in [-0.25, -0.2) is 9.97 Å². The van der Waals surface area contributed by atoms with E-state index < -0.39 is 5.91 Å². The van der Waals surface area contributed by atoms with E-state index in [1.54, 1.807) is 12.1 Å². The summed E-state index contributed by atoms with van der Waals surface area (Å²) in [6.07, 6.45) is 8.15. The van der Waals surface area contributed by atoms with E-state index in [1.807, 2.05) is 36.4 Å². The van der Waals surface area contributed by atoms with Crippen LogP contribution in [0, 0.1) is 0 Å². The van der Waals surface area contributed by atoms with Crippen molar-refractivity contribution in [2.45, 2.75) is 37.8 Å². The molecule has 0 radical (unpaired) electrons. The zero-order valence-electron chi connectivity index (χ0n) is 22.3. The third-order valence-corrected chi connectivity index (χ3v) is 8.28. The Morgan fingerprint density at radius 3 is 2.38 bits per heavy atom. The Kier molecular flexibility index (Phi) is 6.93. The molecule has 0 bridgehead atoms. The highest BCUT2D eigenvalue weighted by Gasteiger charge is 2.30. The molecule has 1 aliphatic carbocycles. The summed E-state index contributed by atoms with van der Waals surface area (Å²) in [7, 11) is 2.20. The van der Waals surface area contributed by atoms with E-state index in [0.29, 0.717) is 35.0 Å². The molecule has 9 heteroatoms. The van der Waals surface area contributed by atoms with Gasteiger partial charge in [0.15, 0.2) is 0 Å². The van der Waals surface area contributed by atoms with E-state index in [1.165, 1.54) is 19.2 Å². The maximum atomic E-state index is 12.4. The minimum atomic E-state index is -0.557. The normalized spacial score (nSPS) is 20.7. The summed E-state index contributed by atoms with van der Waals surface area (Å²) in [6, 6.07) is 15.8. The lowest BCUT2D eigenvalue weighted by Crippen LogP contribution is -2.49. The highest BCUT2D eigenvalue weighted by molar-refractivity contribution is 6.03. The molecule has 4 aromatic rings. The van der Waals surface area contributed by atoms with Crippen LogP contribution in [0.25, 0.3) is 22.2 Å². The van der Waals surface area contributed by atoms with Gasteiger partial charge >= 0.3 is 0 Å². The minimum Gasteiger partial charge on any atom is -0.457 e. The fourth-order valence-corrected chi connectivity index (χ4v) is 6.09. The van der Waals surface area contributed by atoms with Crippen LogP contribution in [-0.2, 0) is 0 Å². The zero-order chi connectivity index (χ0) is 26.9. The average molecular weight is 526 g/mol. The molecule has 1 saturated heterocycles. The molecule has 2 aromatic carbocycles. The molecule has 2 aromatic heterocycles. The molecule has 2 fully saturated rings. The first-order valence-corrected chi connectivity index (χ1v) is 13.7. The largest absolute Gasteiger partial charge is 0.457 e. The van der Waals surface area contributed by atoms with Crippen LogP contribution in [0.4, 0.5) is 5.82 Å². The Hall–Kier alpha value is -3.95. The van der Waals surface area contributed by atoms with E-state index in [0.717, 1.165) is 61.2 Å². The van der Waals surface area contributed by atoms with Crippen molar-refractivity contribution in [2.24, 2.45) is 5.73 Å². The molecule has 0 spiro atoms. The number of amides is 1. The van der Waals surface area contributed by atoms with Gasteiger partial charge in [0.1, 0.15) is 29.3 Å². The van der Waals surface area contributed by atoms with Gasteiger partial charge in [-0.05, 0) is 62.6 Å². The number of nitrogens with two attached hydrogens (primary N) is 2. The molecule has 1 saturated carbocycles. The van der Waals surface area contributed by atoms with Crippen LogP contribution in [0.15, 0.2) is 61.1 Å². The standard InChI is InChI=1S/C30H35N7O2/c1-35-13-15-36(16-14-35)21-8-10-22(11-9-21)37-18-25(27-28(31)33-19-34-30(27)37)20-7-12-26(24(17-20)29(32)38)39-23-5-3-2-4-6-23/h2-7,12,17-19,21-22H,8-11,13-16H2,1H3,(H2,32,38)(H2,31,33,34). The summed E-state index contributed by atoms with van der Waals surface area (Å²) in [5, 5.41) is 0.797. The third kappa shape index (κ3) is 5.07. The number of fused-ring (bicyclic) bond motifs is 1. The van der Waals surface area contributed by atoms with Crippen LogP contribution in [0.3, 0.4) is 0 Å². The van der Waals surface area contributed by atoms with Crippen molar-refractivity contribution in [1.29, 1.82) is 0 Å². The first kappa shape index (κ1) is 25.3. The molecule has 1 aliphatic heterocycles. The average Bonchev–Trinajstić information content (AvgIpc) is 3.35. The van der Waals surface area contributed by atoms with Gasteiger partial charge in [-0.1, -0.05) is 24.3 Å². The van der Waals surface area contributed by atoms with Crippen LogP contribution in [0.5, 0.6) is 11.5 Å². The van der Waals surface area contributed by atoms with Crippen LogP contribution in [0.1, 0.15) is 42.1 Å². The topological polar surface area (TPSA) is 116 Å². The fourth-order valence-electron chi connectivity index (χ4n) is 6.09. The highest BCUT2D eigenvalue weighted by Crippen LogP contribution is 2.40. The summed E-state index contributed by atoms with van der Waals surface area (Å²) in [5.41, 5.74) is 15.0. The van der Waals surface area contributed by atoms with Gasteiger partial charge in [-0.2, -0.15) is 0 Å². The minimum absolute atomic E-state index is 0.306. The predicted octanol–water partition coefficient (Wildman–Crippen LogP) is 4.30. The van der Waals surface area contributed by atoms with Crippen molar-refractivity contribution < 1.29 is 9.53 Å². The maximum absolute atomic E-state index is 12.4. The maximum Gasteiger partial charge on any atom is 0.252 e. The molecular formula is C30H35N7O2. The number of ether oxygens (including phenoxy) is 1. The molecule has 2 aliphatic rings. The number of carbonyl (C=O) groups excluding carboxylic acids is 1. The van der Waals surface area contributed by atoms with Gasteiger partial charge in [-0.15, -0.1) is 0 Å². The number of primary amides is 1. The number of carbonyl (C=O) groups is 1. The lowest BCUT2D eigenvalue weighted by atomic mass is 9.89. The molecule has 202 valence electrons. The van der Waals surface area contributed by atoms with Crippen LogP contribution in [-0.4, -0.2) is 69.5 Å². The van der Waals surface area contributed by atoms with Crippen LogP contribution >= 0.6 is 0 Å². The van der Waals surface area contributed by atoms with Crippen molar-refractivity contribution in [2.75, 3.05) is 39.0 Å². The highest BCUT2D eigenvalue weighted by atomic mass is 16.5.